The van der Waals surface area contributed by atoms with Crippen molar-refractivity contribution in [3.05, 3.63) is 114 Å². The number of β-amino-alcohol motifs (C(OH)–C–C–N with tert-alkyl or cyclic N) is 1. The predicted molar refractivity (Wildman–Crippen MR) is 222 cm³/mol. The summed E-state index contributed by atoms with van der Waals surface area (Å²) in [5.74, 6) is -1.10. The maximum atomic E-state index is 13.9. The summed E-state index contributed by atoms with van der Waals surface area (Å²) in [4.78, 5) is 68.8. The average Bonchev–Trinajstić information content (AvgIpc) is 3.84. The predicted octanol–water partition coefficient (Wildman–Crippen LogP) is 4.87. The van der Waals surface area contributed by atoms with Gasteiger partial charge in [0.2, 0.25) is 17.7 Å². The molecular weight excluding hydrogens is 757 g/mol. The molecule has 2 unspecified atom stereocenters. The molecule has 1 fully saturated rings. The molecule has 58 heavy (non-hydrogen) atoms. The fourth-order valence-electron chi connectivity index (χ4n) is 6.56. The van der Waals surface area contributed by atoms with Crippen molar-refractivity contribution < 1.29 is 29.0 Å². The highest BCUT2D eigenvalue weighted by molar-refractivity contribution is 7.13. The van der Waals surface area contributed by atoms with E-state index in [9.17, 15) is 24.3 Å². The van der Waals surface area contributed by atoms with Gasteiger partial charge in [-0.05, 0) is 47.7 Å². The number of hydrogen-bond donors (Lipinski definition) is 5. The number of aryl methyl sites for hydroxylation is 1. The van der Waals surface area contributed by atoms with Crippen LogP contribution in [0.4, 0.5) is 11.5 Å². The van der Waals surface area contributed by atoms with Gasteiger partial charge in [0.25, 0.3) is 5.91 Å². The molecule has 5 aromatic rings. The molecule has 3 atom stereocenters. The molecule has 302 valence electrons. The number of rotatable bonds is 15. The minimum absolute atomic E-state index is 0.0348. The molecule has 3 aromatic carbocycles. The van der Waals surface area contributed by atoms with Crippen LogP contribution in [-0.2, 0) is 25.7 Å². The Balaban J connectivity index is 0.965. The van der Waals surface area contributed by atoms with Crippen LogP contribution in [-0.4, -0.2) is 93.1 Å². The molecule has 1 aliphatic heterocycles. The number of aromatic nitrogens is 3. The van der Waals surface area contributed by atoms with Gasteiger partial charge in [-0.1, -0.05) is 75.4 Å². The molecule has 3 heterocycles. The zero-order chi connectivity index (χ0) is 41.2. The van der Waals surface area contributed by atoms with Gasteiger partial charge in [0.1, 0.15) is 30.8 Å². The van der Waals surface area contributed by atoms with Gasteiger partial charge in [0.15, 0.2) is 0 Å². The van der Waals surface area contributed by atoms with E-state index in [0.717, 1.165) is 32.9 Å². The highest BCUT2D eigenvalue weighted by Crippen LogP contribution is 2.29. The normalized spacial score (nSPS) is 15.7. The summed E-state index contributed by atoms with van der Waals surface area (Å²) < 4.78 is 5.56. The topological polar surface area (TPSA) is 188 Å². The molecule has 0 spiro atoms. The summed E-state index contributed by atoms with van der Waals surface area (Å²) in [6.45, 7) is 7.43. The Morgan fingerprint density at radius 2 is 1.71 bits per heavy atom. The monoisotopic (exact) mass is 804 g/mol. The smallest absolute Gasteiger partial charge is 0.251 e. The zero-order valence-electron chi connectivity index (χ0n) is 32.9. The summed E-state index contributed by atoms with van der Waals surface area (Å²) in [5.41, 5.74) is 6.66. The van der Waals surface area contributed by atoms with E-state index in [-0.39, 0.29) is 51.1 Å². The van der Waals surface area contributed by atoms with E-state index in [1.54, 1.807) is 41.1 Å². The van der Waals surface area contributed by atoms with Crippen LogP contribution >= 0.6 is 11.3 Å². The molecule has 6 rings (SSSR count). The summed E-state index contributed by atoms with van der Waals surface area (Å²) >= 11 is 1.57. The number of carbonyl (C=O) groups excluding carboxylic acids is 4. The van der Waals surface area contributed by atoms with E-state index < -0.39 is 35.4 Å². The van der Waals surface area contributed by atoms with Gasteiger partial charge in [0, 0.05) is 48.9 Å². The second-order valence-corrected chi connectivity index (χ2v) is 16.0. The minimum atomic E-state index is -1.00. The van der Waals surface area contributed by atoms with E-state index in [0.29, 0.717) is 17.1 Å². The molecule has 0 aliphatic carbocycles. The standard InChI is InChI=1S/C43H48N8O6S/c1-27-38(58-26-48-27)29-15-13-28(14-16-29)22-45-41(55)35-20-33(52)23-51(35)42(56)39(43(2,3)4)50-37(53)24-57-18-17-44-40(54)31-10-8-9-30(19-31)34-21-36(47-25-46-34)49-32-11-6-5-7-12-32/h5-16,19,21,25-26,33,35,39,52H,17-18,20,22-24H2,1-4H3,(H,44,54)(H,45,55)(H,50,53)(H,46,47,49)/t33?,35?,39-/m1/s1. The SMILES string of the molecule is Cc1ncsc1-c1ccc(CNC(=O)C2CC(O)CN2C(=O)[C@@H](NC(=O)COCCNC(=O)c2cccc(-c3cc(Nc4ccccc4)ncn3)c2)C(C)(C)C)cc1. The van der Waals surface area contributed by atoms with Crippen molar-refractivity contribution in [1.82, 2.24) is 35.8 Å². The van der Waals surface area contributed by atoms with Gasteiger partial charge in [-0.3, -0.25) is 19.2 Å². The van der Waals surface area contributed by atoms with Crippen LogP contribution in [0.5, 0.6) is 0 Å². The van der Waals surface area contributed by atoms with Crippen molar-refractivity contribution in [2.45, 2.75) is 58.8 Å². The van der Waals surface area contributed by atoms with Crippen LogP contribution in [0.2, 0.25) is 0 Å². The van der Waals surface area contributed by atoms with Crippen LogP contribution in [0.25, 0.3) is 21.7 Å². The van der Waals surface area contributed by atoms with Gasteiger partial charge in [-0.2, -0.15) is 0 Å². The summed E-state index contributed by atoms with van der Waals surface area (Å²) in [7, 11) is 0. The fraction of sp³-hybridized carbons (Fsp3) is 0.326. The lowest BCUT2D eigenvalue weighted by Gasteiger charge is -2.35. The number of nitrogens with zero attached hydrogens (tertiary/aromatic N) is 4. The number of aliphatic hydroxyl groups is 1. The number of nitrogens with one attached hydrogen (secondary N) is 4. The van der Waals surface area contributed by atoms with Gasteiger partial charge in [-0.15, -0.1) is 11.3 Å². The summed E-state index contributed by atoms with van der Waals surface area (Å²) in [6, 6.07) is 24.4. The lowest BCUT2D eigenvalue weighted by Crippen LogP contribution is -2.58. The van der Waals surface area contributed by atoms with Gasteiger partial charge in [0.05, 0.1) is 34.5 Å². The number of benzene rings is 3. The quantitative estimate of drug-likeness (QED) is 0.0914. The first-order valence-corrected chi connectivity index (χ1v) is 19.9. The number of ether oxygens (including phenoxy) is 1. The van der Waals surface area contributed by atoms with Crippen LogP contribution in [0.15, 0.2) is 96.8 Å². The van der Waals surface area contributed by atoms with Crippen molar-refractivity contribution in [3.8, 4) is 21.7 Å². The third kappa shape index (κ3) is 10.9. The average molecular weight is 805 g/mol. The molecule has 2 aromatic heterocycles. The molecule has 1 aliphatic rings. The third-order valence-electron chi connectivity index (χ3n) is 9.61. The molecular formula is C43H48N8O6S. The van der Waals surface area contributed by atoms with Crippen LogP contribution in [0.1, 0.15) is 48.8 Å². The number of aliphatic hydroxyl groups excluding tert-OH is 1. The fourth-order valence-corrected chi connectivity index (χ4v) is 7.37. The minimum Gasteiger partial charge on any atom is -0.391 e. The highest BCUT2D eigenvalue weighted by Gasteiger charge is 2.44. The molecule has 4 amide bonds. The Labute approximate surface area is 341 Å². The zero-order valence-corrected chi connectivity index (χ0v) is 33.7. The molecule has 15 heteroatoms. The maximum Gasteiger partial charge on any atom is 0.251 e. The molecule has 0 saturated carbocycles. The van der Waals surface area contributed by atoms with E-state index >= 15 is 0 Å². The van der Waals surface area contributed by atoms with Crippen LogP contribution < -0.4 is 21.3 Å². The lowest BCUT2D eigenvalue weighted by atomic mass is 9.85. The number of para-hydroxylation sites is 1. The highest BCUT2D eigenvalue weighted by atomic mass is 32.1. The number of anilines is 2. The largest absolute Gasteiger partial charge is 0.391 e. The Morgan fingerprint density at radius 1 is 0.931 bits per heavy atom. The Morgan fingerprint density at radius 3 is 2.43 bits per heavy atom. The third-order valence-corrected chi connectivity index (χ3v) is 10.6. The second-order valence-electron chi connectivity index (χ2n) is 15.1. The second kappa shape index (κ2) is 18.9. The Hall–Kier alpha value is -6.03. The molecule has 0 radical (unpaired) electrons. The number of likely N-dealkylation sites (tertiary alicyclic amines) is 1. The Bertz CT molecular complexity index is 2210. The van der Waals surface area contributed by atoms with E-state index in [1.807, 2.05) is 88.4 Å². The molecule has 0 bridgehead atoms. The summed E-state index contributed by atoms with van der Waals surface area (Å²) in [6.07, 6.45) is 0.654. The van der Waals surface area contributed by atoms with Crippen molar-refractivity contribution in [2.24, 2.45) is 5.41 Å². The molecule has 14 nitrogen and oxygen atoms in total. The van der Waals surface area contributed by atoms with E-state index in [4.69, 9.17) is 4.74 Å². The van der Waals surface area contributed by atoms with Gasteiger partial charge in [-0.25, -0.2) is 15.0 Å². The van der Waals surface area contributed by atoms with E-state index in [1.165, 1.54) is 11.2 Å². The first-order valence-electron chi connectivity index (χ1n) is 19.0. The molecule has 1 saturated heterocycles. The molecule has 5 N–H and O–H groups in total. The summed E-state index contributed by atoms with van der Waals surface area (Å²) in [5, 5.41) is 22.3. The van der Waals surface area contributed by atoms with E-state index in [2.05, 4.69) is 36.2 Å². The number of carbonyl (C=O) groups is 4. The first-order chi connectivity index (χ1) is 27.9. The Kier molecular flexibility index (Phi) is 13.6. The van der Waals surface area contributed by atoms with Crippen LogP contribution in [0, 0.1) is 12.3 Å². The van der Waals surface area contributed by atoms with Crippen molar-refractivity contribution in [1.29, 1.82) is 0 Å². The van der Waals surface area contributed by atoms with Crippen LogP contribution in [0.3, 0.4) is 0 Å². The van der Waals surface area contributed by atoms with Gasteiger partial charge >= 0.3 is 0 Å². The van der Waals surface area contributed by atoms with Crippen molar-refractivity contribution in [2.75, 3.05) is 31.6 Å². The van der Waals surface area contributed by atoms with Crippen molar-refractivity contribution in [3.63, 3.8) is 0 Å². The maximum absolute atomic E-state index is 13.9. The lowest BCUT2D eigenvalue weighted by molar-refractivity contribution is -0.144. The van der Waals surface area contributed by atoms with Gasteiger partial charge < -0.3 is 36.0 Å². The van der Waals surface area contributed by atoms with Crippen molar-refractivity contribution >= 4 is 46.5 Å². The number of amides is 4. The number of thiazole rings is 1. The number of hydrogen-bond acceptors (Lipinski definition) is 11. The first kappa shape index (κ1) is 41.6.